The van der Waals surface area contributed by atoms with Crippen LogP contribution in [-0.4, -0.2) is 50.3 Å². The number of benzene rings is 2. The van der Waals surface area contributed by atoms with Crippen molar-refractivity contribution in [3.8, 4) is 0 Å². The molecule has 8 nitrogen and oxygen atoms in total. The Labute approximate surface area is 196 Å². The van der Waals surface area contributed by atoms with E-state index in [1.165, 1.54) is 5.69 Å². The summed E-state index contributed by atoms with van der Waals surface area (Å²) in [7, 11) is 0. The van der Waals surface area contributed by atoms with Crippen LogP contribution in [0.15, 0.2) is 67.1 Å². The number of carbonyl (C=O) groups is 1. The van der Waals surface area contributed by atoms with Gasteiger partial charge in [-0.05, 0) is 60.9 Å². The standard InChI is InChI=1S/C26H25N7O/c34-26(10-17-7-8-27-28-14-17)25-12-18-3-5-22(13-24(18)31-25)33-9-1-2-21(16-33)30-20-4-6-23-19(11-20)15-29-32-23/h3-8,11-15,21,30-31H,1-2,9-10,16H2,(H,29,32). The summed E-state index contributed by atoms with van der Waals surface area (Å²) in [5, 5.41) is 20.6. The van der Waals surface area contributed by atoms with Gasteiger partial charge in [-0.1, -0.05) is 6.07 Å². The normalized spacial score (nSPS) is 16.2. The first kappa shape index (κ1) is 20.4. The maximum atomic E-state index is 12.7. The number of H-pyrrole nitrogens is 2. The minimum Gasteiger partial charge on any atom is -0.381 e. The Morgan fingerprint density at radius 1 is 1.03 bits per heavy atom. The van der Waals surface area contributed by atoms with E-state index in [0.717, 1.165) is 59.0 Å². The number of piperidine rings is 1. The number of hydrogen-bond donors (Lipinski definition) is 3. The molecule has 0 aliphatic carbocycles. The molecule has 0 amide bonds. The number of nitrogens with one attached hydrogen (secondary N) is 3. The molecule has 3 N–H and O–H groups in total. The van der Waals surface area contributed by atoms with Gasteiger partial charge in [0.2, 0.25) is 0 Å². The number of fused-ring (bicyclic) bond motifs is 2. The molecule has 0 radical (unpaired) electrons. The first-order valence-corrected chi connectivity index (χ1v) is 11.6. The van der Waals surface area contributed by atoms with Gasteiger partial charge in [0.25, 0.3) is 0 Å². The van der Waals surface area contributed by atoms with Crippen molar-refractivity contribution in [2.75, 3.05) is 23.3 Å². The van der Waals surface area contributed by atoms with Gasteiger partial charge in [0, 0.05) is 59.4 Å². The molecule has 6 rings (SSSR count). The van der Waals surface area contributed by atoms with Crippen molar-refractivity contribution in [3.05, 3.63) is 78.4 Å². The van der Waals surface area contributed by atoms with Gasteiger partial charge in [0.1, 0.15) is 0 Å². The van der Waals surface area contributed by atoms with E-state index in [1.807, 2.05) is 18.3 Å². The van der Waals surface area contributed by atoms with E-state index in [-0.39, 0.29) is 5.78 Å². The van der Waals surface area contributed by atoms with E-state index < -0.39 is 0 Å². The summed E-state index contributed by atoms with van der Waals surface area (Å²) >= 11 is 0. The largest absolute Gasteiger partial charge is 0.381 e. The van der Waals surface area contributed by atoms with Gasteiger partial charge in [0.05, 0.1) is 23.6 Å². The number of carbonyl (C=O) groups excluding carboxylic acids is 1. The van der Waals surface area contributed by atoms with Gasteiger partial charge in [-0.25, -0.2) is 0 Å². The number of ketones is 1. The van der Waals surface area contributed by atoms with Gasteiger partial charge >= 0.3 is 0 Å². The van der Waals surface area contributed by atoms with Crippen molar-refractivity contribution in [2.24, 2.45) is 0 Å². The maximum Gasteiger partial charge on any atom is 0.183 e. The highest BCUT2D eigenvalue weighted by Crippen LogP contribution is 2.27. The first-order valence-electron chi connectivity index (χ1n) is 11.6. The molecular formula is C26H25N7O. The molecule has 1 aliphatic heterocycles. The fraction of sp³-hybridized carbons (Fsp3) is 0.231. The molecule has 1 fully saturated rings. The molecule has 2 aromatic carbocycles. The number of nitrogens with zero attached hydrogens (tertiary/aromatic N) is 4. The van der Waals surface area contributed by atoms with Gasteiger partial charge in [-0.3, -0.25) is 9.89 Å². The van der Waals surface area contributed by atoms with Crippen LogP contribution in [0.3, 0.4) is 0 Å². The summed E-state index contributed by atoms with van der Waals surface area (Å²) in [5.74, 6) is 0.0441. The smallest absolute Gasteiger partial charge is 0.183 e. The van der Waals surface area contributed by atoms with Gasteiger partial charge in [-0.2, -0.15) is 15.3 Å². The van der Waals surface area contributed by atoms with E-state index in [9.17, 15) is 4.79 Å². The molecule has 0 bridgehead atoms. The van der Waals surface area contributed by atoms with Crippen molar-refractivity contribution in [1.82, 2.24) is 25.4 Å². The van der Waals surface area contributed by atoms with Gasteiger partial charge in [0.15, 0.2) is 5.78 Å². The van der Waals surface area contributed by atoms with Crippen LogP contribution in [0.5, 0.6) is 0 Å². The molecule has 1 unspecified atom stereocenters. The Hall–Kier alpha value is -4.20. The third kappa shape index (κ3) is 4.10. The lowest BCUT2D eigenvalue weighted by molar-refractivity contribution is 0.0989. The van der Waals surface area contributed by atoms with Crippen molar-refractivity contribution in [3.63, 3.8) is 0 Å². The number of rotatable bonds is 6. The predicted octanol–water partition coefficient (Wildman–Crippen LogP) is 4.34. The number of aromatic nitrogens is 5. The van der Waals surface area contributed by atoms with Crippen molar-refractivity contribution in [1.29, 1.82) is 0 Å². The number of anilines is 2. The van der Waals surface area contributed by atoms with Crippen LogP contribution in [0.25, 0.3) is 21.8 Å². The second-order valence-corrected chi connectivity index (χ2v) is 8.91. The zero-order valence-electron chi connectivity index (χ0n) is 18.7. The summed E-state index contributed by atoms with van der Waals surface area (Å²) in [6, 6.07) is 16.8. The molecule has 1 aliphatic rings. The van der Waals surface area contributed by atoms with Crippen molar-refractivity contribution in [2.45, 2.75) is 25.3 Å². The fourth-order valence-corrected chi connectivity index (χ4v) is 4.76. The minimum atomic E-state index is 0.0441. The number of aromatic amines is 2. The van der Waals surface area contributed by atoms with Crippen LogP contribution in [0.1, 0.15) is 28.9 Å². The molecule has 5 aromatic rings. The molecule has 1 saturated heterocycles. The molecule has 34 heavy (non-hydrogen) atoms. The monoisotopic (exact) mass is 451 g/mol. The third-order valence-electron chi connectivity index (χ3n) is 6.51. The van der Waals surface area contributed by atoms with Gasteiger partial charge < -0.3 is 15.2 Å². The zero-order chi connectivity index (χ0) is 22.9. The molecule has 8 heteroatoms. The highest BCUT2D eigenvalue weighted by molar-refractivity contribution is 6.00. The summed E-state index contributed by atoms with van der Waals surface area (Å²) < 4.78 is 0. The van der Waals surface area contributed by atoms with Crippen LogP contribution in [0.2, 0.25) is 0 Å². The molecule has 3 aromatic heterocycles. The quantitative estimate of drug-likeness (QED) is 0.332. The van der Waals surface area contributed by atoms with Crippen LogP contribution >= 0.6 is 0 Å². The lowest BCUT2D eigenvalue weighted by Crippen LogP contribution is -2.42. The maximum absolute atomic E-state index is 12.7. The number of hydrogen-bond acceptors (Lipinski definition) is 6. The molecule has 4 heterocycles. The van der Waals surface area contributed by atoms with E-state index >= 15 is 0 Å². The average Bonchev–Trinajstić information content (AvgIpc) is 3.51. The Morgan fingerprint density at radius 2 is 2.00 bits per heavy atom. The Kier molecular flexibility index (Phi) is 5.18. The third-order valence-corrected chi connectivity index (χ3v) is 6.51. The summed E-state index contributed by atoms with van der Waals surface area (Å²) in [4.78, 5) is 18.5. The molecule has 0 spiro atoms. The van der Waals surface area contributed by atoms with Gasteiger partial charge in [-0.15, -0.1) is 0 Å². The predicted molar refractivity (Wildman–Crippen MR) is 133 cm³/mol. The second kappa shape index (κ2) is 8.62. The van der Waals surface area contributed by atoms with Crippen molar-refractivity contribution >= 4 is 39.0 Å². The minimum absolute atomic E-state index is 0.0441. The Bertz CT molecular complexity index is 1460. The van der Waals surface area contributed by atoms with Crippen LogP contribution < -0.4 is 10.2 Å². The molecule has 170 valence electrons. The SMILES string of the molecule is O=C(Cc1ccnnc1)c1cc2ccc(N3CCCC(Nc4ccc5[nH]ncc5c4)C3)cc2[nH]1. The molecular weight excluding hydrogens is 426 g/mol. The summed E-state index contributed by atoms with van der Waals surface area (Å²) in [5.41, 5.74) is 5.80. The molecule has 0 saturated carbocycles. The Morgan fingerprint density at radius 3 is 2.91 bits per heavy atom. The zero-order valence-corrected chi connectivity index (χ0v) is 18.7. The second-order valence-electron chi connectivity index (χ2n) is 8.91. The van der Waals surface area contributed by atoms with Crippen molar-refractivity contribution < 1.29 is 4.79 Å². The van der Waals surface area contributed by atoms with E-state index in [2.05, 4.69) is 72.0 Å². The van der Waals surface area contributed by atoms with E-state index in [0.29, 0.717) is 18.2 Å². The fourth-order valence-electron chi connectivity index (χ4n) is 4.76. The average molecular weight is 452 g/mol. The summed E-state index contributed by atoms with van der Waals surface area (Å²) in [6.07, 6.45) is 7.65. The Balaban J connectivity index is 1.17. The van der Waals surface area contributed by atoms with E-state index in [4.69, 9.17) is 0 Å². The molecule has 1 atom stereocenters. The lowest BCUT2D eigenvalue weighted by Gasteiger charge is -2.35. The summed E-state index contributed by atoms with van der Waals surface area (Å²) in [6.45, 7) is 1.95. The first-order chi connectivity index (χ1) is 16.7. The lowest BCUT2D eigenvalue weighted by atomic mass is 10.0. The van der Waals surface area contributed by atoms with Crippen LogP contribution in [-0.2, 0) is 6.42 Å². The topological polar surface area (TPSA) is 103 Å². The highest BCUT2D eigenvalue weighted by atomic mass is 16.1. The van der Waals surface area contributed by atoms with Crippen LogP contribution in [0, 0.1) is 0 Å². The van der Waals surface area contributed by atoms with E-state index in [1.54, 1.807) is 12.4 Å². The number of Topliss-reactive ketones (excluding diaryl/α,β-unsaturated/α-hetero) is 1. The van der Waals surface area contributed by atoms with Crippen LogP contribution in [0.4, 0.5) is 11.4 Å². The highest BCUT2D eigenvalue weighted by Gasteiger charge is 2.21.